The van der Waals surface area contributed by atoms with E-state index in [1.54, 1.807) is 17.3 Å². The van der Waals surface area contributed by atoms with Crippen molar-refractivity contribution in [3.63, 3.8) is 0 Å². The average molecular weight is 391 g/mol. The predicted octanol–water partition coefficient (Wildman–Crippen LogP) is 2.16. The number of fused-ring (bicyclic) bond motifs is 1. The maximum Gasteiger partial charge on any atom is 0.224 e. The van der Waals surface area contributed by atoms with Crippen LogP contribution in [0.15, 0.2) is 42.9 Å². The van der Waals surface area contributed by atoms with Crippen LogP contribution in [0.5, 0.6) is 0 Å². The van der Waals surface area contributed by atoms with Crippen molar-refractivity contribution < 1.29 is 9.59 Å². The molecule has 1 N–H and O–H groups in total. The molecule has 1 aliphatic rings. The number of amides is 2. The monoisotopic (exact) mass is 391 g/mol. The van der Waals surface area contributed by atoms with Gasteiger partial charge in [0.1, 0.15) is 0 Å². The van der Waals surface area contributed by atoms with Gasteiger partial charge in [-0.1, -0.05) is 18.2 Å². The van der Waals surface area contributed by atoms with E-state index in [0.717, 1.165) is 27.6 Å². The molecule has 2 aromatic heterocycles. The van der Waals surface area contributed by atoms with Gasteiger partial charge >= 0.3 is 0 Å². The molecular weight excluding hydrogens is 366 g/mol. The molecule has 0 unspecified atom stereocenters. The van der Waals surface area contributed by atoms with Gasteiger partial charge in [-0.25, -0.2) is 0 Å². The molecule has 4 rings (SSSR count). The molecule has 0 spiro atoms. The van der Waals surface area contributed by atoms with Gasteiger partial charge in [-0.05, 0) is 23.9 Å². The molecular formula is C22H25N5O2. The lowest BCUT2D eigenvalue weighted by atomic mass is 9.94. The number of hydrogen-bond donors (Lipinski definition) is 1. The summed E-state index contributed by atoms with van der Waals surface area (Å²) in [7, 11) is 3.72. The molecule has 1 fully saturated rings. The smallest absolute Gasteiger partial charge is 0.224 e. The summed E-state index contributed by atoms with van der Waals surface area (Å²) in [6.45, 7) is 2.46. The molecule has 150 valence electrons. The Morgan fingerprint density at radius 2 is 2.07 bits per heavy atom. The standard InChI is InChI=1S/C22H25N5O2/c1-14-19(13-25-27(14)3)22-17(10-21(29)26(22)2)12-24-20(28)9-15-5-4-6-16-11-23-8-7-18(15)16/h4-8,11,13,17,22H,9-10,12H2,1-3H3,(H,24,28)/t17-,22+/m1/s1. The van der Waals surface area contributed by atoms with Crippen LogP contribution in [0.1, 0.15) is 29.3 Å². The van der Waals surface area contributed by atoms with Crippen molar-refractivity contribution in [2.24, 2.45) is 13.0 Å². The van der Waals surface area contributed by atoms with Crippen LogP contribution in [0.2, 0.25) is 0 Å². The maximum absolute atomic E-state index is 12.6. The number of pyridine rings is 1. The molecule has 29 heavy (non-hydrogen) atoms. The number of hydrogen-bond acceptors (Lipinski definition) is 4. The minimum absolute atomic E-state index is 0.0241. The fraction of sp³-hybridized carbons (Fsp3) is 0.364. The summed E-state index contributed by atoms with van der Waals surface area (Å²) in [6.07, 6.45) is 6.10. The van der Waals surface area contributed by atoms with E-state index < -0.39 is 0 Å². The number of nitrogens with zero attached hydrogens (tertiary/aromatic N) is 4. The van der Waals surface area contributed by atoms with Gasteiger partial charge in [0.15, 0.2) is 0 Å². The van der Waals surface area contributed by atoms with Crippen LogP contribution in [0.4, 0.5) is 0 Å². The highest BCUT2D eigenvalue weighted by Crippen LogP contribution is 2.37. The van der Waals surface area contributed by atoms with Crippen molar-refractivity contribution in [1.29, 1.82) is 0 Å². The summed E-state index contributed by atoms with van der Waals surface area (Å²) in [5.74, 6) is 0.0769. The van der Waals surface area contributed by atoms with Gasteiger partial charge in [-0.3, -0.25) is 19.3 Å². The van der Waals surface area contributed by atoms with Gasteiger partial charge in [0, 0.05) is 62.0 Å². The zero-order chi connectivity index (χ0) is 20.5. The van der Waals surface area contributed by atoms with Gasteiger partial charge in [-0.15, -0.1) is 0 Å². The molecule has 2 amide bonds. The Kier molecular flexibility index (Phi) is 5.05. The van der Waals surface area contributed by atoms with Crippen molar-refractivity contribution in [3.05, 3.63) is 59.7 Å². The van der Waals surface area contributed by atoms with Gasteiger partial charge in [0.05, 0.1) is 18.7 Å². The third-order valence-electron chi connectivity index (χ3n) is 5.97. The maximum atomic E-state index is 12.6. The predicted molar refractivity (Wildman–Crippen MR) is 110 cm³/mol. The third-order valence-corrected chi connectivity index (χ3v) is 5.97. The molecule has 1 saturated heterocycles. The number of aryl methyl sites for hydroxylation is 1. The molecule has 0 saturated carbocycles. The van der Waals surface area contributed by atoms with Crippen molar-refractivity contribution >= 4 is 22.6 Å². The van der Waals surface area contributed by atoms with Gasteiger partial charge in [-0.2, -0.15) is 5.10 Å². The number of carbonyl (C=O) groups excluding carboxylic acids is 2. The summed E-state index contributed by atoms with van der Waals surface area (Å²) in [5.41, 5.74) is 3.06. The largest absolute Gasteiger partial charge is 0.355 e. The highest BCUT2D eigenvalue weighted by molar-refractivity contribution is 5.89. The molecule has 1 aliphatic heterocycles. The number of nitrogens with one attached hydrogen (secondary N) is 1. The molecule has 7 heteroatoms. The zero-order valence-corrected chi connectivity index (χ0v) is 16.9. The van der Waals surface area contributed by atoms with Crippen LogP contribution >= 0.6 is 0 Å². The van der Waals surface area contributed by atoms with Crippen LogP contribution in [-0.2, 0) is 23.1 Å². The van der Waals surface area contributed by atoms with Crippen LogP contribution in [0.25, 0.3) is 10.8 Å². The minimum atomic E-state index is -0.0693. The summed E-state index contributed by atoms with van der Waals surface area (Å²) in [6, 6.07) is 7.77. The van der Waals surface area contributed by atoms with E-state index in [-0.39, 0.29) is 23.8 Å². The first-order chi connectivity index (χ1) is 14.0. The molecule has 1 aromatic carbocycles. The molecule has 0 bridgehead atoms. The summed E-state index contributed by atoms with van der Waals surface area (Å²) in [4.78, 5) is 30.9. The Bertz CT molecular complexity index is 1070. The molecule has 0 aliphatic carbocycles. The molecule has 2 atom stereocenters. The van der Waals surface area contributed by atoms with Gasteiger partial charge in [0.25, 0.3) is 0 Å². The Morgan fingerprint density at radius 1 is 1.24 bits per heavy atom. The van der Waals surface area contributed by atoms with Crippen molar-refractivity contribution in [1.82, 2.24) is 25.0 Å². The van der Waals surface area contributed by atoms with E-state index in [2.05, 4.69) is 15.4 Å². The van der Waals surface area contributed by atoms with E-state index in [1.165, 1.54) is 0 Å². The summed E-state index contributed by atoms with van der Waals surface area (Å²) < 4.78 is 1.82. The average Bonchev–Trinajstić information content (AvgIpc) is 3.19. The molecule has 0 radical (unpaired) electrons. The van der Waals surface area contributed by atoms with Crippen LogP contribution in [0.3, 0.4) is 0 Å². The number of rotatable bonds is 5. The molecule has 3 heterocycles. The van der Waals surface area contributed by atoms with Crippen molar-refractivity contribution in [2.45, 2.75) is 25.8 Å². The fourth-order valence-electron chi connectivity index (χ4n) is 4.23. The lowest BCUT2D eigenvalue weighted by molar-refractivity contribution is -0.127. The Morgan fingerprint density at radius 3 is 2.83 bits per heavy atom. The normalized spacial score (nSPS) is 19.1. The first-order valence-corrected chi connectivity index (χ1v) is 9.78. The van der Waals surface area contributed by atoms with Crippen molar-refractivity contribution in [2.75, 3.05) is 13.6 Å². The second-order valence-electron chi connectivity index (χ2n) is 7.72. The molecule has 3 aromatic rings. The Hall–Kier alpha value is -3.22. The van der Waals surface area contributed by atoms with Crippen molar-refractivity contribution in [3.8, 4) is 0 Å². The number of carbonyl (C=O) groups is 2. The van der Waals surface area contributed by atoms with E-state index in [4.69, 9.17) is 0 Å². The summed E-state index contributed by atoms with van der Waals surface area (Å²) >= 11 is 0. The first kappa shape index (κ1) is 19.1. The van der Waals surface area contributed by atoms with Gasteiger partial charge in [0.2, 0.25) is 11.8 Å². The van der Waals surface area contributed by atoms with E-state index >= 15 is 0 Å². The first-order valence-electron chi connectivity index (χ1n) is 9.78. The highest BCUT2D eigenvalue weighted by Gasteiger charge is 2.40. The van der Waals surface area contributed by atoms with Crippen LogP contribution in [0, 0.1) is 12.8 Å². The third kappa shape index (κ3) is 3.60. The summed E-state index contributed by atoms with van der Waals surface area (Å²) in [5, 5.41) is 9.43. The SMILES string of the molecule is Cc1c([C@@H]2[C@@H](CNC(=O)Cc3cccc4cnccc34)CC(=O)N2C)cnn1C. The minimum Gasteiger partial charge on any atom is -0.355 e. The second kappa shape index (κ2) is 7.66. The second-order valence-corrected chi connectivity index (χ2v) is 7.72. The fourth-order valence-corrected chi connectivity index (χ4v) is 4.23. The molecule has 7 nitrogen and oxygen atoms in total. The lowest BCUT2D eigenvalue weighted by Crippen LogP contribution is -2.33. The topological polar surface area (TPSA) is 80.1 Å². The number of aromatic nitrogens is 3. The Labute approximate surface area is 169 Å². The van der Waals surface area contributed by atoms with E-state index in [0.29, 0.717) is 19.4 Å². The van der Waals surface area contributed by atoms with Gasteiger partial charge < -0.3 is 10.2 Å². The lowest BCUT2D eigenvalue weighted by Gasteiger charge is -2.25. The van der Waals surface area contributed by atoms with E-state index in [1.807, 2.05) is 56.2 Å². The van der Waals surface area contributed by atoms with Crippen LogP contribution < -0.4 is 5.32 Å². The zero-order valence-electron chi connectivity index (χ0n) is 16.9. The number of benzene rings is 1. The Balaban J connectivity index is 1.46. The highest BCUT2D eigenvalue weighted by atomic mass is 16.2. The number of likely N-dealkylation sites (tertiary alicyclic amines) is 1. The van der Waals surface area contributed by atoms with E-state index in [9.17, 15) is 9.59 Å². The van der Waals surface area contributed by atoms with Crippen LogP contribution in [-0.4, -0.2) is 45.1 Å². The quantitative estimate of drug-likeness (QED) is 0.723.